The van der Waals surface area contributed by atoms with Crippen LogP contribution >= 0.6 is 0 Å². The van der Waals surface area contributed by atoms with Crippen LogP contribution in [0.5, 0.6) is 0 Å². The maximum absolute atomic E-state index is 10.7. The molecule has 1 aliphatic heterocycles. The number of piperazine rings is 1. The average molecular weight is 232 g/mol. The molecule has 4 nitrogen and oxygen atoms in total. The minimum absolute atomic E-state index is 0.0354. The molecule has 0 aromatic heterocycles. The summed E-state index contributed by atoms with van der Waals surface area (Å²) in [4.78, 5) is 10.7. The number of hydrogen-bond acceptors (Lipinski definition) is 4. The monoisotopic (exact) mass is 232 g/mol. The van der Waals surface area contributed by atoms with Crippen molar-refractivity contribution in [2.75, 3.05) is 6.54 Å². The molecule has 1 fully saturated rings. The van der Waals surface area contributed by atoms with Gasteiger partial charge in [0, 0.05) is 6.54 Å². The van der Waals surface area contributed by atoms with Crippen LogP contribution in [-0.2, 0) is 4.79 Å². The Bertz CT molecular complexity index is 426. The first-order chi connectivity index (χ1) is 8.22. The summed E-state index contributed by atoms with van der Waals surface area (Å²) in [5.74, 6) is 1.87. The molecule has 3 N–H and O–H groups in total. The second-order valence-electron chi connectivity index (χ2n) is 4.25. The van der Waals surface area contributed by atoms with Crippen molar-refractivity contribution in [2.24, 2.45) is 0 Å². The van der Waals surface area contributed by atoms with Crippen LogP contribution in [0.15, 0.2) is 36.0 Å². The van der Waals surface area contributed by atoms with Crippen LogP contribution in [0.4, 0.5) is 0 Å². The molecule has 0 amide bonds. The second kappa shape index (κ2) is 5.15. The van der Waals surface area contributed by atoms with Crippen LogP contribution in [0.2, 0.25) is 0 Å². The van der Waals surface area contributed by atoms with Crippen molar-refractivity contribution in [3.8, 4) is 0 Å². The fourth-order valence-corrected chi connectivity index (χ4v) is 1.97. The largest absolute Gasteiger partial charge is 0.386 e. The van der Waals surface area contributed by atoms with Gasteiger partial charge in [0.2, 0.25) is 0 Å². The van der Waals surface area contributed by atoms with Crippen LogP contribution < -0.4 is 10.6 Å². The van der Waals surface area contributed by atoms with E-state index in [2.05, 4.69) is 10.6 Å². The molecular formula is C13H16N2O2. The first-order valence-corrected chi connectivity index (χ1v) is 5.70. The Morgan fingerprint density at radius 1 is 1.41 bits per heavy atom. The molecule has 1 aliphatic rings. The Labute approximate surface area is 100 Å². The minimum atomic E-state index is -0.639. The number of carbonyl (C=O) groups excluding carboxylic acids is 1. The molecule has 4 heteroatoms. The topological polar surface area (TPSA) is 61.4 Å². The molecule has 1 aromatic rings. The van der Waals surface area contributed by atoms with E-state index in [1.807, 2.05) is 43.2 Å². The molecule has 90 valence electrons. The zero-order valence-corrected chi connectivity index (χ0v) is 9.68. The van der Waals surface area contributed by atoms with Gasteiger partial charge in [-0.2, -0.15) is 0 Å². The summed E-state index contributed by atoms with van der Waals surface area (Å²) >= 11 is 0. The van der Waals surface area contributed by atoms with E-state index in [-0.39, 0.29) is 12.1 Å². The van der Waals surface area contributed by atoms with Gasteiger partial charge in [-0.1, -0.05) is 30.3 Å². The lowest BCUT2D eigenvalue weighted by molar-refractivity contribution is 0.123. The second-order valence-corrected chi connectivity index (χ2v) is 4.25. The Balaban J connectivity index is 2.11. The lowest BCUT2D eigenvalue weighted by Gasteiger charge is -2.33. The van der Waals surface area contributed by atoms with Crippen molar-refractivity contribution in [1.29, 1.82) is 0 Å². The standard InChI is InChI=1S/C13H16N2O2/c1-9-12(8-16)15-11(7-14-9)13(17)10-5-3-2-4-6-10/h2-6,9,11,13-15,17H,7H2,1H3. The first kappa shape index (κ1) is 11.9. The molecule has 0 radical (unpaired) electrons. The van der Waals surface area contributed by atoms with Crippen LogP contribution in [-0.4, -0.2) is 29.7 Å². The summed E-state index contributed by atoms with van der Waals surface area (Å²) in [6.07, 6.45) is -0.639. The third-order valence-electron chi connectivity index (χ3n) is 3.05. The van der Waals surface area contributed by atoms with Gasteiger partial charge in [-0.05, 0) is 12.5 Å². The SMILES string of the molecule is CC1NCC(C(O)c2ccccc2)NC1=C=O. The summed E-state index contributed by atoms with van der Waals surface area (Å²) < 4.78 is 0. The van der Waals surface area contributed by atoms with E-state index in [9.17, 15) is 9.90 Å². The number of aliphatic hydroxyl groups excluding tert-OH is 1. The number of hydrogen-bond donors (Lipinski definition) is 3. The fraction of sp³-hybridized carbons (Fsp3) is 0.385. The van der Waals surface area contributed by atoms with Crippen LogP contribution in [0.25, 0.3) is 0 Å². The van der Waals surface area contributed by atoms with E-state index in [4.69, 9.17) is 0 Å². The van der Waals surface area contributed by atoms with Crippen molar-refractivity contribution < 1.29 is 9.90 Å². The molecule has 3 atom stereocenters. The van der Waals surface area contributed by atoms with Gasteiger partial charge in [0.1, 0.15) is 17.7 Å². The normalized spacial score (nSPS) is 25.9. The average Bonchev–Trinajstić information content (AvgIpc) is 2.39. The van der Waals surface area contributed by atoms with E-state index in [0.29, 0.717) is 12.2 Å². The molecule has 0 aliphatic carbocycles. The molecule has 1 heterocycles. The summed E-state index contributed by atoms with van der Waals surface area (Å²) in [5, 5.41) is 16.4. The molecule has 17 heavy (non-hydrogen) atoms. The molecule has 0 saturated carbocycles. The predicted molar refractivity (Wildman–Crippen MR) is 65.0 cm³/mol. The van der Waals surface area contributed by atoms with Crippen molar-refractivity contribution in [1.82, 2.24) is 10.6 Å². The van der Waals surface area contributed by atoms with Gasteiger partial charge < -0.3 is 15.7 Å². The van der Waals surface area contributed by atoms with Gasteiger partial charge in [-0.3, -0.25) is 0 Å². The molecular weight excluding hydrogens is 216 g/mol. The highest BCUT2D eigenvalue weighted by molar-refractivity contribution is 5.54. The first-order valence-electron chi connectivity index (χ1n) is 5.70. The summed E-state index contributed by atoms with van der Waals surface area (Å²) in [6.45, 7) is 2.50. The lowest BCUT2D eigenvalue weighted by Crippen LogP contribution is -2.54. The van der Waals surface area contributed by atoms with E-state index in [1.54, 1.807) is 0 Å². The lowest BCUT2D eigenvalue weighted by atomic mass is 9.99. The molecule has 2 rings (SSSR count). The number of nitrogens with one attached hydrogen (secondary N) is 2. The zero-order chi connectivity index (χ0) is 12.3. The van der Waals surface area contributed by atoms with E-state index >= 15 is 0 Å². The van der Waals surface area contributed by atoms with Crippen molar-refractivity contribution in [3.63, 3.8) is 0 Å². The fourth-order valence-electron chi connectivity index (χ4n) is 1.97. The van der Waals surface area contributed by atoms with Gasteiger partial charge in [0.15, 0.2) is 0 Å². The van der Waals surface area contributed by atoms with E-state index < -0.39 is 6.10 Å². The third kappa shape index (κ3) is 2.56. The van der Waals surface area contributed by atoms with Gasteiger partial charge in [0.25, 0.3) is 0 Å². The highest BCUT2D eigenvalue weighted by Gasteiger charge is 2.28. The Kier molecular flexibility index (Phi) is 3.59. The van der Waals surface area contributed by atoms with Crippen LogP contribution in [0.3, 0.4) is 0 Å². The molecule has 1 saturated heterocycles. The molecule has 3 unspecified atom stereocenters. The Morgan fingerprint density at radius 2 is 2.12 bits per heavy atom. The maximum Gasteiger partial charge on any atom is 0.147 e. The smallest absolute Gasteiger partial charge is 0.147 e. The summed E-state index contributed by atoms with van der Waals surface area (Å²) in [7, 11) is 0. The van der Waals surface area contributed by atoms with Gasteiger partial charge >= 0.3 is 0 Å². The van der Waals surface area contributed by atoms with Crippen molar-refractivity contribution in [2.45, 2.75) is 25.1 Å². The van der Waals surface area contributed by atoms with Crippen LogP contribution in [0.1, 0.15) is 18.6 Å². The third-order valence-corrected chi connectivity index (χ3v) is 3.05. The minimum Gasteiger partial charge on any atom is -0.386 e. The number of benzene rings is 1. The maximum atomic E-state index is 10.7. The summed E-state index contributed by atoms with van der Waals surface area (Å²) in [6, 6.07) is 9.17. The quantitative estimate of drug-likeness (QED) is 0.645. The van der Waals surface area contributed by atoms with Crippen molar-refractivity contribution in [3.05, 3.63) is 41.6 Å². The van der Waals surface area contributed by atoms with E-state index in [0.717, 1.165) is 5.56 Å². The van der Waals surface area contributed by atoms with Crippen molar-refractivity contribution >= 4 is 5.94 Å². The molecule has 1 aromatic carbocycles. The predicted octanol–water partition coefficient (Wildman–Crippen LogP) is 0.385. The number of aliphatic hydroxyl groups is 1. The van der Waals surface area contributed by atoms with Gasteiger partial charge in [-0.15, -0.1) is 0 Å². The Hall–Kier alpha value is -1.61. The highest BCUT2D eigenvalue weighted by atomic mass is 16.3. The summed E-state index contributed by atoms with van der Waals surface area (Å²) in [5.41, 5.74) is 1.31. The highest BCUT2D eigenvalue weighted by Crippen LogP contribution is 2.19. The van der Waals surface area contributed by atoms with Gasteiger partial charge in [-0.25, -0.2) is 4.79 Å². The number of rotatable bonds is 2. The molecule has 0 spiro atoms. The zero-order valence-electron chi connectivity index (χ0n) is 9.68. The molecule has 0 bridgehead atoms. The van der Waals surface area contributed by atoms with Gasteiger partial charge in [0.05, 0.1) is 12.1 Å². The van der Waals surface area contributed by atoms with E-state index in [1.165, 1.54) is 0 Å². The van der Waals surface area contributed by atoms with Crippen LogP contribution in [0, 0.1) is 0 Å². The Morgan fingerprint density at radius 3 is 2.76 bits per heavy atom.